The third kappa shape index (κ3) is 2.19. The highest BCUT2D eigenvalue weighted by Crippen LogP contribution is 2.25. The van der Waals surface area contributed by atoms with Crippen molar-refractivity contribution in [2.45, 2.75) is 0 Å². The number of hydrogen-bond donors (Lipinski definition) is 1. The molecular weight excluding hydrogens is 250 g/mol. The monoisotopic (exact) mass is 263 g/mol. The number of carbonyl (C=O) groups excluding carboxylic acids is 1. The molecule has 0 saturated heterocycles. The number of hydrogen-bond acceptors (Lipinski definition) is 2. The summed E-state index contributed by atoms with van der Waals surface area (Å²) < 4.78 is 0. The fraction of sp³-hybridized carbons (Fsp3) is 0. The van der Waals surface area contributed by atoms with Gasteiger partial charge in [0, 0.05) is 5.39 Å². The van der Waals surface area contributed by atoms with E-state index < -0.39 is 6.03 Å². The molecule has 0 aliphatic heterocycles. The van der Waals surface area contributed by atoms with Crippen LogP contribution in [0.5, 0.6) is 0 Å². The second kappa shape index (κ2) is 5.01. The number of pyridine rings is 1. The van der Waals surface area contributed by atoms with Crippen LogP contribution in [0, 0.1) is 0 Å². The van der Waals surface area contributed by atoms with Crippen LogP contribution >= 0.6 is 0 Å². The number of amides is 2. The first-order chi connectivity index (χ1) is 9.75. The summed E-state index contributed by atoms with van der Waals surface area (Å²) in [5.41, 5.74) is 7.01. The minimum Gasteiger partial charge on any atom is -0.351 e. The average molecular weight is 263 g/mol. The van der Waals surface area contributed by atoms with Crippen LogP contribution in [0.1, 0.15) is 0 Å². The maximum absolute atomic E-state index is 11.7. The van der Waals surface area contributed by atoms with Crippen molar-refractivity contribution >= 4 is 28.4 Å². The zero-order valence-electron chi connectivity index (χ0n) is 10.7. The summed E-state index contributed by atoms with van der Waals surface area (Å²) in [5.74, 6) is 0.516. The first kappa shape index (κ1) is 12.2. The van der Waals surface area contributed by atoms with Gasteiger partial charge in [-0.05, 0) is 30.3 Å². The van der Waals surface area contributed by atoms with E-state index >= 15 is 0 Å². The fourth-order valence-corrected chi connectivity index (χ4v) is 2.13. The van der Waals surface area contributed by atoms with Gasteiger partial charge in [-0.25, -0.2) is 14.7 Å². The predicted octanol–water partition coefficient (Wildman–Crippen LogP) is 3.45. The molecule has 0 spiro atoms. The number of urea groups is 1. The first-order valence-corrected chi connectivity index (χ1v) is 6.26. The van der Waals surface area contributed by atoms with Gasteiger partial charge in [0.2, 0.25) is 0 Å². The zero-order chi connectivity index (χ0) is 13.9. The highest BCUT2D eigenvalue weighted by molar-refractivity contribution is 5.98. The van der Waals surface area contributed by atoms with Gasteiger partial charge >= 0.3 is 6.03 Å². The summed E-state index contributed by atoms with van der Waals surface area (Å²) in [6.07, 6.45) is 0. The third-order valence-electron chi connectivity index (χ3n) is 3.05. The van der Waals surface area contributed by atoms with Crippen LogP contribution in [0.2, 0.25) is 0 Å². The molecule has 1 heterocycles. The molecule has 2 N–H and O–H groups in total. The summed E-state index contributed by atoms with van der Waals surface area (Å²) in [4.78, 5) is 17.6. The Kier molecular flexibility index (Phi) is 3.05. The second-order valence-electron chi connectivity index (χ2n) is 4.37. The number of anilines is 2. The first-order valence-electron chi connectivity index (χ1n) is 6.26. The van der Waals surface area contributed by atoms with Crippen LogP contribution in [-0.2, 0) is 0 Å². The molecule has 3 aromatic rings. The molecule has 98 valence electrons. The molecule has 4 heteroatoms. The van der Waals surface area contributed by atoms with Crippen molar-refractivity contribution in [2.75, 3.05) is 4.90 Å². The smallest absolute Gasteiger partial charge is 0.325 e. The Balaban J connectivity index is 2.13. The van der Waals surface area contributed by atoms with E-state index in [9.17, 15) is 4.79 Å². The van der Waals surface area contributed by atoms with Crippen molar-refractivity contribution in [1.82, 2.24) is 4.98 Å². The minimum absolute atomic E-state index is 0.516. The Morgan fingerprint density at radius 3 is 2.35 bits per heavy atom. The molecular formula is C16H13N3O. The summed E-state index contributed by atoms with van der Waals surface area (Å²) in [6.45, 7) is 0. The molecule has 0 bridgehead atoms. The molecule has 0 radical (unpaired) electrons. The topological polar surface area (TPSA) is 59.2 Å². The van der Waals surface area contributed by atoms with E-state index in [1.54, 1.807) is 6.07 Å². The highest BCUT2D eigenvalue weighted by Gasteiger charge is 2.16. The third-order valence-corrected chi connectivity index (χ3v) is 3.05. The van der Waals surface area contributed by atoms with Crippen LogP contribution in [0.4, 0.5) is 16.3 Å². The summed E-state index contributed by atoms with van der Waals surface area (Å²) in [5, 5.41) is 1.02. The van der Waals surface area contributed by atoms with Gasteiger partial charge in [0.15, 0.2) is 0 Å². The molecule has 3 rings (SSSR count). The number of para-hydroxylation sites is 2. The Morgan fingerprint density at radius 1 is 0.900 bits per heavy atom. The van der Waals surface area contributed by atoms with Crippen LogP contribution < -0.4 is 10.6 Å². The molecule has 1 aromatic heterocycles. The van der Waals surface area contributed by atoms with Crippen molar-refractivity contribution < 1.29 is 4.79 Å². The van der Waals surface area contributed by atoms with Gasteiger partial charge in [0.1, 0.15) is 5.82 Å². The summed E-state index contributed by atoms with van der Waals surface area (Å²) in [6, 6.07) is 20.1. The summed E-state index contributed by atoms with van der Waals surface area (Å²) >= 11 is 0. The lowest BCUT2D eigenvalue weighted by Gasteiger charge is -2.19. The lowest BCUT2D eigenvalue weighted by molar-refractivity contribution is 0.256. The molecule has 0 aliphatic rings. The molecule has 0 saturated carbocycles. The van der Waals surface area contributed by atoms with Gasteiger partial charge in [-0.2, -0.15) is 0 Å². The molecule has 2 aromatic carbocycles. The number of rotatable bonds is 2. The number of nitrogens with zero attached hydrogens (tertiary/aromatic N) is 2. The lowest BCUT2D eigenvalue weighted by Crippen LogP contribution is -2.32. The molecule has 0 unspecified atom stereocenters. The number of aromatic nitrogens is 1. The zero-order valence-corrected chi connectivity index (χ0v) is 10.7. The molecule has 2 amide bonds. The van der Waals surface area contributed by atoms with Crippen molar-refractivity contribution in [2.24, 2.45) is 5.73 Å². The molecule has 4 nitrogen and oxygen atoms in total. The van der Waals surface area contributed by atoms with Gasteiger partial charge in [-0.1, -0.05) is 36.4 Å². The van der Waals surface area contributed by atoms with Gasteiger partial charge in [-0.3, -0.25) is 0 Å². The van der Waals surface area contributed by atoms with Gasteiger partial charge in [0.25, 0.3) is 0 Å². The maximum atomic E-state index is 11.7. The van der Waals surface area contributed by atoms with Gasteiger partial charge < -0.3 is 5.73 Å². The van der Waals surface area contributed by atoms with Crippen molar-refractivity contribution in [1.29, 1.82) is 0 Å². The average Bonchev–Trinajstić information content (AvgIpc) is 2.48. The van der Waals surface area contributed by atoms with E-state index in [4.69, 9.17) is 5.73 Å². The normalized spacial score (nSPS) is 10.4. The number of nitrogens with two attached hydrogens (primary N) is 1. The Bertz CT molecular complexity index is 756. The highest BCUT2D eigenvalue weighted by atomic mass is 16.2. The fourth-order valence-electron chi connectivity index (χ4n) is 2.13. The molecule has 0 atom stereocenters. The van der Waals surface area contributed by atoms with Crippen LogP contribution in [0.3, 0.4) is 0 Å². The van der Waals surface area contributed by atoms with E-state index in [0.29, 0.717) is 11.5 Å². The SMILES string of the molecule is NC(=O)N(c1ccccc1)c1ccc2ccccc2n1. The second-order valence-corrected chi connectivity index (χ2v) is 4.37. The van der Waals surface area contributed by atoms with Crippen LogP contribution in [0.25, 0.3) is 10.9 Å². The predicted molar refractivity (Wildman–Crippen MR) is 79.9 cm³/mol. The van der Waals surface area contributed by atoms with Crippen LogP contribution in [0.15, 0.2) is 66.7 Å². The van der Waals surface area contributed by atoms with Crippen molar-refractivity contribution in [3.63, 3.8) is 0 Å². The summed E-state index contributed by atoms with van der Waals surface area (Å²) in [7, 11) is 0. The number of primary amides is 1. The number of benzene rings is 2. The Labute approximate surface area is 116 Å². The molecule has 0 fully saturated rings. The standard InChI is InChI=1S/C16H13N3O/c17-16(20)19(13-7-2-1-3-8-13)15-11-10-12-6-4-5-9-14(12)18-15/h1-11H,(H2,17,20). The van der Waals surface area contributed by atoms with E-state index in [1.807, 2.05) is 60.7 Å². The minimum atomic E-state index is -0.556. The van der Waals surface area contributed by atoms with Crippen LogP contribution in [-0.4, -0.2) is 11.0 Å². The molecule has 20 heavy (non-hydrogen) atoms. The van der Waals surface area contributed by atoms with E-state index in [1.165, 1.54) is 4.90 Å². The maximum Gasteiger partial charge on any atom is 0.325 e. The van der Waals surface area contributed by atoms with Crippen molar-refractivity contribution in [3.05, 3.63) is 66.7 Å². The quantitative estimate of drug-likeness (QED) is 0.769. The Morgan fingerprint density at radius 2 is 1.60 bits per heavy atom. The van der Waals surface area contributed by atoms with E-state index in [0.717, 1.165) is 10.9 Å². The lowest BCUT2D eigenvalue weighted by atomic mass is 10.2. The largest absolute Gasteiger partial charge is 0.351 e. The van der Waals surface area contributed by atoms with E-state index in [-0.39, 0.29) is 0 Å². The number of carbonyl (C=O) groups is 1. The molecule has 0 aliphatic carbocycles. The number of fused-ring (bicyclic) bond motifs is 1. The van der Waals surface area contributed by atoms with Crippen molar-refractivity contribution in [3.8, 4) is 0 Å². The van der Waals surface area contributed by atoms with Gasteiger partial charge in [-0.15, -0.1) is 0 Å². The van der Waals surface area contributed by atoms with E-state index in [2.05, 4.69) is 4.98 Å². The van der Waals surface area contributed by atoms with Gasteiger partial charge in [0.05, 0.1) is 11.2 Å². The Hall–Kier alpha value is -2.88.